The molecular formula is C22H16F3NO5S2. The minimum absolute atomic E-state index is 0.0487. The van der Waals surface area contributed by atoms with Crippen molar-refractivity contribution in [2.75, 3.05) is 0 Å². The van der Waals surface area contributed by atoms with Crippen LogP contribution in [-0.4, -0.2) is 30.5 Å². The molecular weight excluding hydrogens is 479 g/mol. The largest absolute Gasteiger partial charge is 0.416 e. The van der Waals surface area contributed by atoms with Gasteiger partial charge < -0.3 is 0 Å². The van der Waals surface area contributed by atoms with Crippen molar-refractivity contribution >= 4 is 44.5 Å². The zero-order chi connectivity index (χ0) is 24.1. The average molecular weight is 496 g/mol. The van der Waals surface area contributed by atoms with Gasteiger partial charge in [-0.05, 0) is 41.8 Å². The van der Waals surface area contributed by atoms with Gasteiger partial charge in [0.05, 0.1) is 21.6 Å². The molecule has 0 atom stereocenters. The van der Waals surface area contributed by atoms with Gasteiger partial charge in [0.25, 0.3) is 11.8 Å². The first-order valence-electron chi connectivity index (χ1n) is 9.63. The lowest BCUT2D eigenvalue weighted by Gasteiger charge is -2.26. The van der Waals surface area contributed by atoms with Crippen LogP contribution >= 0.6 is 11.8 Å². The molecule has 1 heterocycles. The van der Waals surface area contributed by atoms with E-state index in [4.69, 9.17) is 4.28 Å². The van der Waals surface area contributed by atoms with Crippen molar-refractivity contribution in [3.05, 3.63) is 71.3 Å². The highest BCUT2D eigenvalue weighted by Crippen LogP contribution is 2.38. The smallest absolute Gasteiger partial charge is 0.266 e. The van der Waals surface area contributed by atoms with Crippen molar-refractivity contribution in [2.45, 2.75) is 35.1 Å². The Labute approximate surface area is 191 Å². The van der Waals surface area contributed by atoms with E-state index < -0.39 is 38.6 Å². The molecule has 0 spiro atoms. The third-order valence-electron chi connectivity index (χ3n) is 4.82. The Hall–Kier alpha value is -2.89. The number of hydrogen-bond donors (Lipinski definition) is 0. The van der Waals surface area contributed by atoms with Crippen molar-refractivity contribution in [3.8, 4) is 0 Å². The molecule has 0 fully saturated rings. The van der Waals surface area contributed by atoms with Crippen LogP contribution in [-0.2, 0) is 20.6 Å². The molecule has 0 radical (unpaired) electrons. The summed E-state index contributed by atoms with van der Waals surface area (Å²) in [5.41, 5.74) is -1.12. The van der Waals surface area contributed by atoms with Gasteiger partial charge >= 0.3 is 16.3 Å². The number of carbonyl (C=O) groups excluding carboxylic acids is 2. The predicted octanol–water partition coefficient (Wildman–Crippen LogP) is 5.28. The van der Waals surface area contributed by atoms with Crippen molar-refractivity contribution in [1.82, 2.24) is 5.06 Å². The van der Waals surface area contributed by atoms with Gasteiger partial charge in [0.1, 0.15) is 0 Å². The number of hydrogen-bond acceptors (Lipinski definition) is 6. The first-order valence-corrected chi connectivity index (χ1v) is 11.9. The van der Waals surface area contributed by atoms with Gasteiger partial charge in [-0.3, -0.25) is 9.59 Å². The number of imide groups is 1. The van der Waals surface area contributed by atoms with Crippen LogP contribution < -0.4 is 0 Å². The maximum absolute atomic E-state index is 13.0. The van der Waals surface area contributed by atoms with E-state index in [0.29, 0.717) is 22.9 Å². The first-order chi connectivity index (χ1) is 15.4. The zero-order valence-corrected chi connectivity index (χ0v) is 18.8. The molecule has 3 aromatic rings. The number of halogens is 3. The van der Waals surface area contributed by atoms with Crippen molar-refractivity contribution in [3.63, 3.8) is 0 Å². The second-order valence-corrected chi connectivity index (χ2v) is 10.6. The molecule has 0 N–H and O–H groups in total. The molecule has 6 nitrogen and oxygen atoms in total. The molecule has 3 aromatic carbocycles. The molecule has 0 saturated heterocycles. The molecule has 0 unspecified atom stereocenters. The van der Waals surface area contributed by atoms with Crippen molar-refractivity contribution in [1.29, 1.82) is 0 Å². The maximum atomic E-state index is 13.0. The topological polar surface area (TPSA) is 80.8 Å². The van der Waals surface area contributed by atoms with Crippen LogP contribution in [0.5, 0.6) is 0 Å². The summed E-state index contributed by atoms with van der Waals surface area (Å²) in [4.78, 5) is 26.0. The van der Waals surface area contributed by atoms with Crippen LogP contribution in [0, 0.1) is 0 Å². The predicted molar refractivity (Wildman–Crippen MR) is 115 cm³/mol. The third-order valence-corrected chi connectivity index (χ3v) is 7.07. The van der Waals surface area contributed by atoms with E-state index in [0.717, 1.165) is 17.0 Å². The van der Waals surface area contributed by atoms with E-state index in [1.54, 1.807) is 18.2 Å². The molecule has 0 aromatic heterocycles. The summed E-state index contributed by atoms with van der Waals surface area (Å²) in [5.74, 6) is -2.05. The number of carbonyl (C=O) groups is 2. The number of alkyl halides is 3. The van der Waals surface area contributed by atoms with Gasteiger partial charge in [0.15, 0.2) is 0 Å². The van der Waals surface area contributed by atoms with E-state index in [9.17, 15) is 31.2 Å². The number of thioether (sulfide) groups is 1. The van der Waals surface area contributed by atoms with Crippen LogP contribution in [0.15, 0.2) is 64.4 Å². The Bertz CT molecular complexity index is 1380. The molecule has 1 aliphatic heterocycles. The molecule has 33 heavy (non-hydrogen) atoms. The minimum Gasteiger partial charge on any atom is -0.266 e. The zero-order valence-electron chi connectivity index (χ0n) is 17.2. The number of hydroxylamine groups is 2. The van der Waals surface area contributed by atoms with Crippen LogP contribution in [0.25, 0.3) is 10.8 Å². The second-order valence-electron chi connectivity index (χ2n) is 7.46. The van der Waals surface area contributed by atoms with Crippen LogP contribution in [0.2, 0.25) is 0 Å². The van der Waals surface area contributed by atoms with Gasteiger partial charge in [-0.2, -0.15) is 21.6 Å². The van der Waals surface area contributed by atoms with E-state index in [2.05, 4.69) is 0 Å². The Kier molecular flexibility index (Phi) is 5.75. The van der Waals surface area contributed by atoms with Crippen molar-refractivity contribution < 1.29 is 35.5 Å². The van der Waals surface area contributed by atoms with Crippen molar-refractivity contribution in [2.24, 2.45) is 0 Å². The third kappa shape index (κ3) is 4.23. The highest BCUT2D eigenvalue weighted by atomic mass is 32.2. The molecule has 0 aliphatic carbocycles. The molecule has 0 saturated carbocycles. The highest BCUT2D eigenvalue weighted by molar-refractivity contribution is 8.00. The van der Waals surface area contributed by atoms with Crippen LogP contribution in [0.3, 0.4) is 0 Å². The monoisotopic (exact) mass is 495 g/mol. The summed E-state index contributed by atoms with van der Waals surface area (Å²) in [7, 11) is -4.92. The summed E-state index contributed by atoms with van der Waals surface area (Å²) < 4.78 is 69.1. The van der Waals surface area contributed by atoms with Gasteiger partial charge in [-0.25, -0.2) is 0 Å². The summed E-state index contributed by atoms with van der Waals surface area (Å²) in [6, 6.07) is 10.8. The quantitative estimate of drug-likeness (QED) is 0.354. The van der Waals surface area contributed by atoms with Crippen LogP contribution in [0.4, 0.5) is 13.2 Å². The number of rotatable bonds is 5. The fraction of sp³-hybridized carbons (Fsp3) is 0.182. The minimum atomic E-state index is -4.92. The first kappa shape index (κ1) is 23.3. The lowest BCUT2D eigenvalue weighted by atomic mass is 9.95. The Morgan fingerprint density at radius 2 is 1.58 bits per heavy atom. The maximum Gasteiger partial charge on any atom is 0.416 e. The van der Waals surface area contributed by atoms with E-state index >= 15 is 0 Å². The Morgan fingerprint density at radius 1 is 0.939 bits per heavy atom. The summed E-state index contributed by atoms with van der Waals surface area (Å²) >= 11 is 1.54. The molecule has 172 valence electrons. The fourth-order valence-electron chi connectivity index (χ4n) is 3.44. The lowest BCUT2D eigenvalue weighted by Crippen LogP contribution is -2.41. The lowest BCUT2D eigenvalue weighted by molar-refractivity contribution is -0.137. The van der Waals surface area contributed by atoms with Gasteiger partial charge in [0, 0.05) is 15.5 Å². The van der Waals surface area contributed by atoms with Gasteiger partial charge in [-0.15, -0.1) is 21.1 Å². The SMILES string of the molecule is CC(C)Sc1ccc2c3c(cccc13)C(=O)N(OS(=O)(=O)c1cccc(C(F)(F)F)c1)C2=O. The average Bonchev–Trinajstić information content (AvgIpc) is 2.75. The summed E-state index contributed by atoms with van der Waals surface area (Å²) in [6.07, 6.45) is -4.79. The fourth-order valence-corrected chi connectivity index (χ4v) is 5.33. The molecule has 11 heteroatoms. The van der Waals surface area contributed by atoms with E-state index in [1.807, 2.05) is 13.8 Å². The van der Waals surface area contributed by atoms with Crippen LogP contribution in [0.1, 0.15) is 40.1 Å². The van der Waals surface area contributed by atoms with Gasteiger partial charge in [-0.1, -0.05) is 32.0 Å². The Balaban J connectivity index is 1.75. The normalized spacial score (nSPS) is 14.4. The summed E-state index contributed by atoms with van der Waals surface area (Å²) in [6.45, 7) is 3.98. The number of benzene rings is 3. The number of nitrogens with zero attached hydrogens (tertiary/aromatic N) is 1. The second kappa shape index (κ2) is 8.15. The van der Waals surface area contributed by atoms with E-state index in [-0.39, 0.29) is 21.4 Å². The highest BCUT2D eigenvalue weighted by Gasteiger charge is 2.39. The summed E-state index contributed by atoms with van der Waals surface area (Å²) in [5, 5.41) is 1.33. The van der Waals surface area contributed by atoms with Gasteiger partial charge in [0.2, 0.25) is 0 Å². The molecule has 4 rings (SSSR count). The number of amides is 2. The molecule has 2 amide bonds. The standard InChI is InChI=1S/C22H16F3NO5S2/c1-12(2)32-18-10-9-17-19-15(18)7-4-8-16(19)20(27)26(21(17)28)31-33(29,30)14-6-3-5-13(11-14)22(23,24)25/h3-12H,1-2H3. The Morgan fingerprint density at radius 3 is 2.21 bits per heavy atom. The molecule has 1 aliphatic rings. The molecule has 0 bridgehead atoms. The van der Waals surface area contributed by atoms with E-state index in [1.165, 1.54) is 23.9 Å².